The minimum atomic E-state index is -4.63. The van der Waals surface area contributed by atoms with Crippen molar-refractivity contribution in [3.05, 3.63) is 58.9 Å². The lowest BCUT2D eigenvalue weighted by molar-refractivity contribution is -0.334. The monoisotopic (exact) mass is 502 g/mol. The van der Waals surface area contributed by atoms with Crippen LogP contribution >= 0.6 is 11.6 Å². The maximum atomic E-state index is 14.0. The first kappa shape index (κ1) is 24.5. The van der Waals surface area contributed by atoms with Gasteiger partial charge in [0, 0.05) is 23.6 Å². The molecule has 2 aromatic carbocycles. The van der Waals surface area contributed by atoms with E-state index in [9.17, 15) is 22.4 Å². The number of halogens is 5. The molecule has 2 amide bonds. The van der Waals surface area contributed by atoms with Crippen molar-refractivity contribution in [2.45, 2.75) is 43.6 Å². The average Bonchev–Trinajstić information content (AvgIpc) is 2.71. The lowest BCUT2D eigenvalue weighted by atomic mass is 9.85. The molecular weight excluding hydrogens is 480 g/mol. The van der Waals surface area contributed by atoms with Gasteiger partial charge in [0.05, 0.1) is 24.5 Å². The molecule has 184 valence electrons. The van der Waals surface area contributed by atoms with Crippen molar-refractivity contribution in [2.24, 2.45) is 0 Å². The van der Waals surface area contributed by atoms with Gasteiger partial charge in [-0.1, -0.05) is 29.8 Å². The summed E-state index contributed by atoms with van der Waals surface area (Å²) in [5, 5.41) is 11.4. The molecule has 7 nitrogen and oxygen atoms in total. The number of rotatable bonds is 5. The molecule has 0 saturated carbocycles. The van der Waals surface area contributed by atoms with Gasteiger partial charge in [0.15, 0.2) is 11.8 Å². The lowest BCUT2D eigenvalue weighted by Gasteiger charge is -2.44. The summed E-state index contributed by atoms with van der Waals surface area (Å²) in [6.45, 7) is 2.04. The number of urea groups is 1. The number of anilines is 1. The Kier molecular flexibility index (Phi) is 6.90. The molecule has 4 atom stereocenters. The maximum Gasteiger partial charge on any atom is 0.421 e. The number of ether oxygens (including phenoxy) is 2. The summed E-state index contributed by atoms with van der Waals surface area (Å²) < 4.78 is 66.6. The maximum absolute atomic E-state index is 14.0. The second-order valence-electron chi connectivity index (χ2n) is 8.08. The fourth-order valence-corrected chi connectivity index (χ4v) is 4.09. The fraction of sp³-hybridized carbons (Fsp3) is 0.409. The third kappa shape index (κ3) is 4.92. The van der Waals surface area contributed by atoms with Crippen LogP contribution in [0.1, 0.15) is 18.9 Å². The van der Waals surface area contributed by atoms with Crippen molar-refractivity contribution in [2.75, 3.05) is 18.5 Å². The number of carbonyl (C=O) groups excluding carboxylic acids is 1. The highest BCUT2D eigenvalue weighted by Crippen LogP contribution is 2.52. The molecule has 0 spiro atoms. The second-order valence-corrected chi connectivity index (χ2v) is 8.52. The summed E-state index contributed by atoms with van der Waals surface area (Å²) in [7, 11) is 0. The van der Waals surface area contributed by atoms with Crippen LogP contribution in [-0.4, -0.2) is 43.8 Å². The molecule has 4 rings (SSSR count). The van der Waals surface area contributed by atoms with Gasteiger partial charge in [0.1, 0.15) is 11.6 Å². The Hall–Kier alpha value is -2.60. The van der Waals surface area contributed by atoms with Gasteiger partial charge in [0.2, 0.25) is 0 Å². The largest absolute Gasteiger partial charge is 0.473 e. The van der Waals surface area contributed by atoms with E-state index in [2.05, 4.69) is 21.3 Å². The summed E-state index contributed by atoms with van der Waals surface area (Å²) in [6, 6.07) is 8.17. The number of hydrogen-bond acceptors (Lipinski definition) is 5. The summed E-state index contributed by atoms with van der Waals surface area (Å²) in [6.07, 6.45) is -5.98. The molecule has 0 aliphatic carbocycles. The van der Waals surface area contributed by atoms with E-state index in [1.165, 1.54) is 30.3 Å². The Balaban J connectivity index is 1.52. The number of amides is 2. The molecule has 34 heavy (non-hydrogen) atoms. The number of para-hydroxylation sites is 1. The highest BCUT2D eigenvalue weighted by Gasteiger charge is 2.62. The van der Waals surface area contributed by atoms with Crippen molar-refractivity contribution in [3.8, 4) is 5.75 Å². The first-order valence-corrected chi connectivity index (χ1v) is 11.0. The number of hydrogen-bond donors (Lipinski definition) is 4. The zero-order valence-electron chi connectivity index (χ0n) is 18.0. The zero-order valence-corrected chi connectivity index (χ0v) is 18.8. The smallest absolute Gasteiger partial charge is 0.421 e. The minimum absolute atomic E-state index is 0.0118. The Morgan fingerprint density at radius 2 is 2.00 bits per heavy atom. The van der Waals surface area contributed by atoms with Gasteiger partial charge in [-0.2, -0.15) is 13.2 Å². The highest BCUT2D eigenvalue weighted by molar-refractivity contribution is 6.30. The number of nitrogens with one attached hydrogen (secondary N) is 4. The summed E-state index contributed by atoms with van der Waals surface area (Å²) >= 11 is 5.73. The predicted molar refractivity (Wildman–Crippen MR) is 117 cm³/mol. The standard InChI is InChI=1S/C22H23ClF4N4O3/c1-12-28-11-17(31-20(32)30-16-7-6-13(23)10-15(16)24)19(29-12)34-18-5-3-2-4-14(18)21(8-9-33-21)22(25,26)27/h2-7,10,12,17,19,28-29H,8-9,11H2,1H3,(H2,30,31,32). The molecule has 0 bridgehead atoms. The molecule has 2 saturated heterocycles. The van der Waals surface area contributed by atoms with E-state index in [4.69, 9.17) is 21.1 Å². The molecular formula is C22H23ClF4N4O3. The van der Waals surface area contributed by atoms with Crippen molar-refractivity contribution in [1.82, 2.24) is 16.0 Å². The van der Waals surface area contributed by atoms with Crippen LogP contribution in [0.5, 0.6) is 5.75 Å². The lowest BCUT2D eigenvalue weighted by Crippen LogP contribution is -2.67. The van der Waals surface area contributed by atoms with Crippen LogP contribution in [0.25, 0.3) is 0 Å². The molecule has 2 aromatic rings. The van der Waals surface area contributed by atoms with Crippen molar-refractivity contribution < 1.29 is 31.8 Å². The molecule has 0 aromatic heterocycles. The van der Waals surface area contributed by atoms with Gasteiger partial charge < -0.3 is 20.1 Å². The SMILES string of the molecule is CC1NCC(NC(=O)Nc2ccc(Cl)cc2F)C(Oc2ccccc2C2(C(F)(F)F)CCO2)N1. The van der Waals surface area contributed by atoms with Gasteiger partial charge in [-0.05, 0) is 31.2 Å². The van der Waals surface area contributed by atoms with Gasteiger partial charge in [-0.25, -0.2) is 9.18 Å². The first-order valence-electron chi connectivity index (χ1n) is 10.6. The highest BCUT2D eigenvalue weighted by atomic mass is 35.5. The van der Waals surface area contributed by atoms with Crippen LogP contribution in [0, 0.1) is 5.82 Å². The Morgan fingerprint density at radius 3 is 2.65 bits per heavy atom. The number of benzene rings is 2. The first-order chi connectivity index (χ1) is 16.1. The topological polar surface area (TPSA) is 83.7 Å². The van der Waals surface area contributed by atoms with E-state index < -0.39 is 35.9 Å². The van der Waals surface area contributed by atoms with Gasteiger partial charge in [-0.15, -0.1) is 0 Å². The zero-order chi connectivity index (χ0) is 24.5. The Bertz CT molecular complexity index is 1050. The predicted octanol–water partition coefficient (Wildman–Crippen LogP) is 4.09. The van der Waals surface area contributed by atoms with Crippen LogP contribution in [0.2, 0.25) is 5.02 Å². The molecule has 2 aliphatic heterocycles. The molecule has 2 heterocycles. The van der Waals surface area contributed by atoms with E-state index >= 15 is 0 Å². The Morgan fingerprint density at radius 1 is 1.26 bits per heavy atom. The summed E-state index contributed by atoms with van der Waals surface area (Å²) in [4.78, 5) is 12.5. The third-order valence-electron chi connectivity index (χ3n) is 5.76. The van der Waals surface area contributed by atoms with Crippen LogP contribution in [-0.2, 0) is 10.3 Å². The van der Waals surface area contributed by atoms with E-state index in [0.717, 1.165) is 6.07 Å². The molecule has 4 N–H and O–H groups in total. The Labute approximate surface area is 198 Å². The van der Waals surface area contributed by atoms with Crippen LogP contribution < -0.4 is 26.0 Å². The van der Waals surface area contributed by atoms with E-state index in [-0.39, 0.29) is 47.8 Å². The van der Waals surface area contributed by atoms with Crippen molar-refractivity contribution in [3.63, 3.8) is 0 Å². The molecule has 12 heteroatoms. The van der Waals surface area contributed by atoms with Crippen LogP contribution in [0.4, 0.5) is 28.0 Å². The van der Waals surface area contributed by atoms with Gasteiger partial charge in [-0.3, -0.25) is 10.6 Å². The molecule has 2 aliphatic rings. The third-order valence-corrected chi connectivity index (χ3v) is 5.99. The summed E-state index contributed by atoms with van der Waals surface area (Å²) in [5.41, 5.74) is -2.65. The second kappa shape index (κ2) is 9.57. The number of carbonyl (C=O) groups is 1. The van der Waals surface area contributed by atoms with E-state index in [1.807, 2.05) is 0 Å². The van der Waals surface area contributed by atoms with Crippen molar-refractivity contribution >= 4 is 23.3 Å². The minimum Gasteiger partial charge on any atom is -0.473 e. The van der Waals surface area contributed by atoms with E-state index in [1.54, 1.807) is 13.0 Å². The molecule has 0 radical (unpaired) electrons. The summed E-state index contributed by atoms with van der Waals surface area (Å²) in [5.74, 6) is -0.724. The van der Waals surface area contributed by atoms with Gasteiger partial charge in [0.25, 0.3) is 0 Å². The molecule has 2 fully saturated rings. The van der Waals surface area contributed by atoms with Gasteiger partial charge >= 0.3 is 12.2 Å². The van der Waals surface area contributed by atoms with E-state index in [0.29, 0.717) is 0 Å². The van der Waals surface area contributed by atoms with Crippen molar-refractivity contribution in [1.29, 1.82) is 0 Å². The normalized spacial score (nSPS) is 26.9. The number of alkyl halides is 3. The quantitative estimate of drug-likeness (QED) is 0.463. The van der Waals surface area contributed by atoms with Crippen LogP contribution in [0.3, 0.4) is 0 Å². The fourth-order valence-electron chi connectivity index (χ4n) is 3.93. The molecule has 4 unspecified atom stereocenters. The average molecular weight is 503 g/mol. The van der Waals surface area contributed by atoms with Crippen LogP contribution in [0.15, 0.2) is 42.5 Å².